The van der Waals surface area contributed by atoms with Gasteiger partial charge in [0.1, 0.15) is 0 Å². The largest absolute Gasteiger partial charge is 0.633 e. The lowest BCUT2D eigenvalue weighted by Gasteiger charge is -2.47. The van der Waals surface area contributed by atoms with Crippen LogP contribution in [-0.4, -0.2) is 50.7 Å². The molecule has 0 amide bonds. The Kier molecular flexibility index (Phi) is 6.85. The van der Waals surface area contributed by atoms with Crippen LogP contribution in [0.15, 0.2) is 0 Å². The molecular weight excluding hydrogens is 275 g/mol. The highest BCUT2D eigenvalue weighted by molar-refractivity contribution is 7.92. The van der Waals surface area contributed by atoms with Crippen LogP contribution in [0, 0.1) is 5.21 Å². The molecule has 1 saturated heterocycles. The smallest absolute Gasteiger partial charge is 0.154 e. The summed E-state index contributed by atoms with van der Waals surface area (Å²) < 4.78 is 21.9. The van der Waals surface area contributed by atoms with Crippen molar-refractivity contribution in [3.63, 3.8) is 0 Å². The molecule has 1 fully saturated rings. The first-order chi connectivity index (χ1) is 6.22. The number of halogens is 2. The molecule has 0 bridgehead atoms. The molecule has 0 spiro atoms. The summed E-state index contributed by atoms with van der Waals surface area (Å²) in [6, 6.07) is 0. The fourth-order valence-corrected chi connectivity index (χ4v) is 3.07. The maximum atomic E-state index is 11.6. The van der Waals surface area contributed by atoms with Gasteiger partial charge >= 0.3 is 0 Å². The van der Waals surface area contributed by atoms with Crippen molar-refractivity contribution in [2.75, 3.05) is 32.9 Å². The second-order valence-corrected chi connectivity index (χ2v) is 6.81. The van der Waals surface area contributed by atoms with Crippen LogP contribution in [0.5, 0.6) is 0 Å². The van der Waals surface area contributed by atoms with Crippen molar-refractivity contribution >= 4 is 34.7 Å². The lowest BCUT2D eigenvalue weighted by molar-refractivity contribution is -0.866. The minimum Gasteiger partial charge on any atom is -0.633 e. The Morgan fingerprint density at radius 3 is 1.94 bits per heavy atom. The molecule has 0 radical (unpaired) electrons. The van der Waals surface area contributed by atoms with Gasteiger partial charge in [0.25, 0.3) is 0 Å². The zero-order valence-electron chi connectivity index (χ0n) is 9.51. The SMILES string of the molecule is C[N+]1([O-])CCC(CN)(S(C)(=O)=O)CC1.Cl.Cl. The monoisotopic (exact) mass is 294 g/mol. The second kappa shape index (κ2) is 5.84. The van der Waals surface area contributed by atoms with E-state index in [9.17, 15) is 13.6 Å². The van der Waals surface area contributed by atoms with E-state index < -0.39 is 14.6 Å². The molecule has 0 saturated carbocycles. The molecule has 0 atom stereocenters. The van der Waals surface area contributed by atoms with Gasteiger partial charge in [-0.05, 0) is 0 Å². The molecule has 0 aromatic rings. The van der Waals surface area contributed by atoms with Gasteiger partial charge in [-0.25, -0.2) is 8.42 Å². The van der Waals surface area contributed by atoms with Crippen LogP contribution in [0.4, 0.5) is 0 Å². The summed E-state index contributed by atoms with van der Waals surface area (Å²) in [4.78, 5) is 0. The summed E-state index contributed by atoms with van der Waals surface area (Å²) >= 11 is 0. The number of likely N-dealkylation sites (tertiary alicyclic amines) is 1. The van der Waals surface area contributed by atoms with Crippen LogP contribution in [0.1, 0.15) is 12.8 Å². The fourth-order valence-electron chi connectivity index (χ4n) is 1.84. The maximum absolute atomic E-state index is 11.6. The van der Waals surface area contributed by atoms with Crippen molar-refractivity contribution in [2.45, 2.75) is 17.6 Å². The molecule has 100 valence electrons. The van der Waals surface area contributed by atoms with Gasteiger partial charge in [0, 0.05) is 25.6 Å². The molecule has 8 heteroatoms. The molecule has 2 N–H and O–H groups in total. The Hall–Kier alpha value is 0.410. The van der Waals surface area contributed by atoms with Crippen LogP contribution in [-0.2, 0) is 9.84 Å². The average Bonchev–Trinajstić information content (AvgIpc) is 2.03. The summed E-state index contributed by atoms with van der Waals surface area (Å²) in [5.41, 5.74) is 5.52. The minimum absolute atomic E-state index is 0. The number of hydroxylamine groups is 3. The van der Waals surface area contributed by atoms with Crippen LogP contribution in [0.3, 0.4) is 0 Å². The Balaban J connectivity index is 0. The fraction of sp³-hybridized carbons (Fsp3) is 1.00. The third kappa shape index (κ3) is 3.72. The van der Waals surface area contributed by atoms with E-state index >= 15 is 0 Å². The second-order valence-electron chi connectivity index (χ2n) is 4.40. The number of nitrogens with two attached hydrogens (primary N) is 1. The molecule has 1 heterocycles. The standard InChI is InChI=1S/C8H18N2O3S.2ClH/c1-10(11)5-3-8(7-9,4-6-10)14(2,12)13;;/h3-7,9H2,1-2H3;2*1H. The number of quaternary nitrogens is 1. The maximum Gasteiger partial charge on any atom is 0.154 e. The zero-order chi connectivity index (χ0) is 11.0. The third-order valence-electron chi connectivity index (χ3n) is 3.24. The number of sulfone groups is 1. The van der Waals surface area contributed by atoms with Gasteiger partial charge < -0.3 is 15.6 Å². The number of rotatable bonds is 2. The lowest BCUT2D eigenvalue weighted by atomic mass is 9.96. The first-order valence-corrected chi connectivity index (χ1v) is 6.57. The first kappa shape index (κ1) is 18.8. The van der Waals surface area contributed by atoms with E-state index in [4.69, 9.17) is 5.73 Å². The predicted molar refractivity (Wildman–Crippen MR) is 69.6 cm³/mol. The van der Waals surface area contributed by atoms with Gasteiger partial charge in [-0.2, -0.15) is 0 Å². The summed E-state index contributed by atoms with van der Waals surface area (Å²) in [7, 11) is -1.59. The lowest BCUT2D eigenvalue weighted by Crippen LogP contribution is -2.57. The predicted octanol–water partition coefficient (Wildman–Crippen LogP) is 0.310. The first-order valence-electron chi connectivity index (χ1n) is 4.68. The third-order valence-corrected chi connectivity index (χ3v) is 5.39. The average molecular weight is 295 g/mol. The van der Waals surface area contributed by atoms with Crippen molar-refractivity contribution < 1.29 is 13.1 Å². The van der Waals surface area contributed by atoms with Gasteiger partial charge in [0.05, 0.1) is 24.9 Å². The molecule has 1 aliphatic heterocycles. The van der Waals surface area contributed by atoms with E-state index in [0.717, 1.165) is 0 Å². The highest BCUT2D eigenvalue weighted by atomic mass is 35.5. The topological polar surface area (TPSA) is 83.2 Å². The molecule has 0 aromatic carbocycles. The molecule has 0 aliphatic carbocycles. The summed E-state index contributed by atoms with van der Waals surface area (Å²) in [6.07, 6.45) is 1.96. The van der Waals surface area contributed by atoms with E-state index in [1.54, 1.807) is 7.05 Å². The number of hydrogen-bond acceptors (Lipinski definition) is 4. The van der Waals surface area contributed by atoms with Crippen molar-refractivity contribution in [1.29, 1.82) is 0 Å². The molecule has 5 nitrogen and oxygen atoms in total. The summed E-state index contributed by atoms with van der Waals surface area (Å²) in [6.45, 7) is 0.792. The van der Waals surface area contributed by atoms with E-state index in [1.165, 1.54) is 6.26 Å². The quantitative estimate of drug-likeness (QED) is 0.587. The molecule has 16 heavy (non-hydrogen) atoms. The number of nitrogens with zero attached hydrogens (tertiary/aromatic N) is 1. The van der Waals surface area contributed by atoms with Crippen LogP contribution < -0.4 is 5.73 Å². The van der Waals surface area contributed by atoms with Gasteiger partial charge in [-0.15, -0.1) is 24.8 Å². The highest BCUT2D eigenvalue weighted by Crippen LogP contribution is 2.31. The number of piperidine rings is 1. The van der Waals surface area contributed by atoms with Crippen LogP contribution >= 0.6 is 24.8 Å². The van der Waals surface area contributed by atoms with E-state index in [0.29, 0.717) is 25.9 Å². The van der Waals surface area contributed by atoms with Gasteiger partial charge in [-0.1, -0.05) is 0 Å². The molecular formula is C8H20Cl2N2O3S. The number of hydrogen-bond donors (Lipinski definition) is 1. The van der Waals surface area contributed by atoms with E-state index in [1.807, 2.05) is 0 Å². The summed E-state index contributed by atoms with van der Waals surface area (Å²) in [5.74, 6) is 0. The van der Waals surface area contributed by atoms with Crippen LogP contribution in [0.25, 0.3) is 0 Å². The normalized spacial score (nSPS) is 34.8. The van der Waals surface area contributed by atoms with Gasteiger partial charge in [0.15, 0.2) is 9.84 Å². The molecule has 0 unspecified atom stereocenters. The van der Waals surface area contributed by atoms with Crippen molar-refractivity contribution in [1.82, 2.24) is 0 Å². The Morgan fingerprint density at radius 2 is 1.69 bits per heavy atom. The van der Waals surface area contributed by atoms with E-state index in [-0.39, 0.29) is 36.0 Å². The summed E-state index contributed by atoms with van der Waals surface area (Å²) in [5, 5.41) is 11.6. The van der Waals surface area contributed by atoms with Crippen molar-refractivity contribution in [3.8, 4) is 0 Å². The molecule has 1 aliphatic rings. The van der Waals surface area contributed by atoms with Gasteiger partial charge in [-0.3, -0.25) is 0 Å². The Morgan fingerprint density at radius 1 is 1.31 bits per heavy atom. The molecule has 0 aromatic heterocycles. The van der Waals surface area contributed by atoms with Crippen LogP contribution in [0.2, 0.25) is 0 Å². The van der Waals surface area contributed by atoms with Crippen molar-refractivity contribution in [2.24, 2.45) is 5.73 Å². The minimum atomic E-state index is -3.16. The zero-order valence-corrected chi connectivity index (χ0v) is 12.0. The molecule has 1 rings (SSSR count). The Labute approximate surface area is 109 Å². The van der Waals surface area contributed by atoms with E-state index in [2.05, 4.69) is 0 Å². The Bertz CT molecular complexity index is 309. The van der Waals surface area contributed by atoms with Crippen molar-refractivity contribution in [3.05, 3.63) is 5.21 Å². The highest BCUT2D eigenvalue weighted by Gasteiger charge is 2.44. The van der Waals surface area contributed by atoms with Gasteiger partial charge in [0.2, 0.25) is 0 Å².